The normalized spacial score (nSPS) is 22.0. The van der Waals surface area contributed by atoms with Crippen molar-refractivity contribution in [2.45, 2.75) is 18.6 Å². The average Bonchev–Trinajstić information content (AvgIpc) is 2.32. The summed E-state index contributed by atoms with van der Waals surface area (Å²) in [6.45, 7) is 2.59. The molecule has 0 radical (unpaired) electrons. The number of thioether (sulfide) groups is 1. The molecule has 2 N–H and O–H groups in total. The Bertz CT molecular complexity index is 213. The van der Waals surface area contributed by atoms with Crippen molar-refractivity contribution < 1.29 is 9.59 Å². The quantitative estimate of drug-likeness (QED) is 0.830. The van der Waals surface area contributed by atoms with Crippen LogP contribution in [-0.2, 0) is 4.79 Å². The minimum atomic E-state index is -0.177. The van der Waals surface area contributed by atoms with Crippen LogP contribution in [0.2, 0.25) is 0 Å². The highest BCUT2D eigenvalue weighted by atomic mass is 79.9. The second kappa shape index (κ2) is 5.62. The molecule has 1 atom stereocenters. The predicted molar refractivity (Wildman–Crippen MR) is 58.2 cm³/mol. The van der Waals surface area contributed by atoms with Gasteiger partial charge in [-0.25, -0.2) is 0 Å². The van der Waals surface area contributed by atoms with E-state index in [-0.39, 0.29) is 33.4 Å². The molecule has 4 nitrogen and oxygen atoms in total. The number of nitrogens with zero attached hydrogens (tertiary/aromatic N) is 1. The van der Waals surface area contributed by atoms with Gasteiger partial charge in [0.2, 0.25) is 5.91 Å². The van der Waals surface area contributed by atoms with Gasteiger partial charge in [0.05, 0.1) is 5.25 Å². The van der Waals surface area contributed by atoms with Gasteiger partial charge in [-0.3, -0.25) is 14.5 Å². The maximum absolute atomic E-state index is 11.4. The summed E-state index contributed by atoms with van der Waals surface area (Å²) in [5.41, 5.74) is 5.26. The molecule has 0 aromatic rings. The molecule has 0 bridgehead atoms. The number of hydrogen-bond donors (Lipinski definition) is 1. The third-order valence-electron chi connectivity index (χ3n) is 1.73. The topological polar surface area (TPSA) is 63.4 Å². The van der Waals surface area contributed by atoms with Gasteiger partial charge in [-0.1, -0.05) is 18.7 Å². The van der Waals surface area contributed by atoms with E-state index < -0.39 is 0 Å². The summed E-state index contributed by atoms with van der Waals surface area (Å²) in [5, 5.41) is -0.332. The lowest BCUT2D eigenvalue weighted by Crippen LogP contribution is -2.35. The lowest BCUT2D eigenvalue weighted by atomic mass is 10.3. The van der Waals surface area contributed by atoms with Crippen LogP contribution in [0.15, 0.2) is 0 Å². The van der Waals surface area contributed by atoms with Crippen molar-refractivity contribution >= 4 is 39.9 Å². The van der Waals surface area contributed by atoms with Crippen LogP contribution in [0.4, 0.5) is 4.79 Å². The molecule has 2 amide bonds. The second-order valence-corrected chi connectivity index (χ2v) is 3.71. The zero-order valence-electron chi connectivity index (χ0n) is 7.36. The van der Waals surface area contributed by atoms with E-state index in [4.69, 9.17) is 5.73 Å². The Hall–Kier alpha value is -0.0700. The van der Waals surface area contributed by atoms with Crippen molar-refractivity contribution in [3.05, 3.63) is 0 Å². The Labute approximate surface area is 92.0 Å². The van der Waals surface area contributed by atoms with Crippen LogP contribution in [0.5, 0.6) is 0 Å². The van der Waals surface area contributed by atoms with Crippen LogP contribution in [0.25, 0.3) is 0 Å². The summed E-state index contributed by atoms with van der Waals surface area (Å²) in [6, 6.07) is 0. The Morgan fingerprint density at radius 3 is 2.54 bits per heavy atom. The molecule has 6 heteroatoms. The van der Waals surface area contributed by atoms with Gasteiger partial charge in [0.15, 0.2) is 0 Å². The SMILES string of the molecule is Br.CCC1SC(=O)N(CCN)C1=O. The first kappa shape index (κ1) is 12.9. The van der Waals surface area contributed by atoms with E-state index in [1.54, 1.807) is 0 Å². The molecule has 0 aliphatic carbocycles. The van der Waals surface area contributed by atoms with Crippen LogP contribution in [0.1, 0.15) is 13.3 Å². The van der Waals surface area contributed by atoms with Gasteiger partial charge in [0, 0.05) is 13.1 Å². The first-order valence-corrected chi connectivity index (χ1v) is 4.80. The highest BCUT2D eigenvalue weighted by molar-refractivity contribution is 8.93. The summed E-state index contributed by atoms with van der Waals surface area (Å²) in [7, 11) is 0. The largest absolute Gasteiger partial charge is 0.329 e. The maximum Gasteiger partial charge on any atom is 0.289 e. The van der Waals surface area contributed by atoms with Crippen molar-refractivity contribution in [2.75, 3.05) is 13.1 Å². The van der Waals surface area contributed by atoms with Gasteiger partial charge in [-0.15, -0.1) is 17.0 Å². The highest BCUT2D eigenvalue weighted by Crippen LogP contribution is 2.28. The van der Waals surface area contributed by atoms with Crippen LogP contribution in [0.3, 0.4) is 0 Å². The molecule has 0 aromatic carbocycles. The molecule has 1 rings (SSSR count). The summed E-state index contributed by atoms with van der Waals surface area (Å²) in [6.07, 6.45) is 0.705. The number of rotatable bonds is 3. The van der Waals surface area contributed by atoms with Gasteiger partial charge in [0.1, 0.15) is 0 Å². The van der Waals surface area contributed by atoms with Crippen molar-refractivity contribution in [2.24, 2.45) is 5.73 Å². The fourth-order valence-electron chi connectivity index (χ4n) is 1.09. The van der Waals surface area contributed by atoms with Crippen molar-refractivity contribution in [3.63, 3.8) is 0 Å². The molecule has 0 spiro atoms. The molecule has 1 aliphatic heterocycles. The summed E-state index contributed by atoms with van der Waals surface area (Å²) in [4.78, 5) is 23.8. The molecule has 0 aromatic heterocycles. The van der Waals surface area contributed by atoms with E-state index in [0.29, 0.717) is 19.5 Å². The summed E-state index contributed by atoms with van der Waals surface area (Å²) >= 11 is 1.10. The second-order valence-electron chi connectivity index (χ2n) is 2.56. The lowest BCUT2D eigenvalue weighted by Gasteiger charge is -2.10. The fraction of sp³-hybridized carbons (Fsp3) is 0.714. The number of halogens is 1. The van der Waals surface area contributed by atoms with Gasteiger partial charge < -0.3 is 5.73 Å². The Morgan fingerprint density at radius 2 is 2.15 bits per heavy atom. The third-order valence-corrected chi connectivity index (χ3v) is 2.97. The number of nitrogens with two attached hydrogens (primary N) is 1. The molecule has 76 valence electrons. The molecule has 1 saturated heterocycles. The zero-order chi connectivity index (χ0) is 9.14. The number of carbonyl (C=O) groups excluding carboxylic acids is 2. The van der Waals surface area contributed by atoms with Gasteiger partial charge in [-0.05, 0) is 6.42 Å². The summed E-state index contributed by atoms with van der Waals surface area (Å²) < 4.78 is 0. The minimum Gasteiger partial charge on any atom is -0.329 e. The Morgan fingerprint density at radius 1 is 1.54 bits per heavy atom. The zero-order valence-corrected chi connectivity index (χ0v) is 9.89. The molecule has 1 heterocycles. The van der Waals surface area contributed by atoms with Crippen molar-refractivity contribution in [3.8, 4) is 0 Å². The predicted octanol–water partition coefficient (Wildman–Crippen LogP) is 0.997. The van der Waals surface area contributed by atoms with E-state index in [9.17, 15) is 9.59 Å². The fourth-order valence-corrected chi connectivity index (χ4v) is 2.03. The maximum atomic E-state index is 11.4. The minimum absolute atomic E-state index is 0. The number of hydrogen-bond acceptors (Lipinski definition) is 4. The number of imide groups is 1. The van der Waals surface area contributed by atoms with Crippen LogP contribution >= 0.6 is 28.7 Å². The van der Waals surface area contributed by atoms with E-state index in [2.05, 4.69) is 0 Å². The van der Waals surface area contributed by atoms with Gasteiger partial charge in [0.25, 0.3) is 5.24 Å². The molecule has 13 heavy (non-hydrogen) atoms. The lowest BCUT2D eigenvalue weighted by molar-refractivity contribution is -0.126. The highest BCUT2D eigenvalue weighted by Gasteiger charge is 2.37. The number of amides is 2. The van der Waals surface area contributed by atoms with Crippen molar-refractivity contribution in [1.29, 1.82) is 0 Å². The monoisotopic (exact) mass is 268 g/mol. The Kier molecular flexibility index (Phi) is 5.59. The molecule has 1 aliphatic rings. The molecule has 1 fully saturated rings. The number of carbonyl (C=O) groups is 2. The van der Waals surface area contributed by atoms with E-state index >= 15 is 0 Å². The molecule has 0 saturated carbocycles. The smallest absolute Gasteiger partial charge is 0.289 e. The van der Waals surface area contributed by atoms with Crippen LogP contribution in [-0.4, -0.2) is 34.4 Å². The van der Waals surface area contributed by atoms with Gasteiger partial charge >= 0.3 is 0 Å². The van der Waals surface area contributed by atoms with E-state index in [0.717, 1.165) is 11.8 Å². The summed E-state index contributed by atoms with van der Waals surface area (Å²) in [5.74, 6) is -0.0852. The van der Waals surface area contributed by atoms with Crippen LogP contribution < -0.4 is 5.73 Å². The molecular weight excluding hydrogens is 256 g/mol. The molecule has 1 unspecified atom stereocenters. The molecular formula is C7H13BrN2O2S. The van der Waals surface area contributed by atoms with E-state index in [1.165, 1.54) is 4.90 Å². The van der Waals surface area contributed by atoms with Gasteiger partial charge in [-0.2, -0.15) is 0 Å². The average molecular weight is 269 g/mol. The first-order valence-electron chi connectivity index (χ1n) is 3.92. The standard InChI is InChI=1S/C7H12N2O2S.BrH/c1-2-5-6(10)9(4-3-8)7(11)12-5;/h5H,2-4,8H2,1H3;1H. The van der Waals surface area contributed by atoms with Crippen molar-refractivity contribution in [1.82, 2.24) is 4.90 Å². The third kappa shape index (κ3) is 2.69. The first-order chi connectivity index (χ1) is 5.70. The van der Waals surface area contributed by atoms with E-state index in [1.807, 2.05) is 6.92 Å². The Balaban J connectivity index is 0.00000144. The van der Waals surface area contributed by atoms with Crippen LogP contribution in [0, 0.1) is 0 Å².